The van der Waals surface area contributed by atoms with E-state index in [2.05, 4.69) is 10.3 Å². The van der Waals surface area contributed by atoms with E-state index >= 15 is 0 Å². The summed E-state index contributed by atoms with van der Waals surface area (Å²) in [6, 6.07) is 21.7. The van der Waals surface area contributed by atoms with Gasteiger partial charge in [0.15, 0.2) is 9.84 Å². The van der Waals surface area contributed by atoms with E-state index in [9.17, 15) is 13.2 Å². The third-order valence-electron chi connectivity index (χ3n) is 4.63. The summed E-state index contributed by atoms with van der Waals surface area (Å²) in [6.45, 7) is 0.440. The zero-order chi connectivity index (χ0) is 21.7. The molecule has 0 unspecified atom stereocenters. The molecule has 2 heterocycles. The summed E-state index contributed by atoms with van der Waals surface area (Å²) in [5.41, 5.74) is 1.23. The Bertz CT molecular complexity index is 1290. The maximum Gasteiger partial charge on any atom is 0.254 e. The molecule has 4 aromatic rings. The Morgan fingerprint density at radius 3 is 2.55 bits per heavy atom. The summed E-state index contributed by atoms with van der Waals surface area (Å²) in [5.74, 6) is 0.0419. The van der Waals surface area contributed by atoms with Crippen molar-refractivity contribution in [3.05, 3.63) is 88.6 Å². The summed E-state index contributed by atoms with van der Waals surface area (Å²) in [5, 5.41) is 6.30. The first-order valence-electron chi connectivity index (χ1n) is 9.64. The molecule has 4 rings (SSSR count). The second kappa shape index (κ2) is 9.64. The lowest BCUT2D eigenvalue weighted by molar-refractivity contribution is 0.0948. The molecule has 0 aliphatic carbocycles. The zero-order valence-electron chi connectivity index (χ0n) is 16.5. The van der Waals surface area contributed by atoms with Crippen molar-refractivity contribution in [2.75, 3.05) is 11.5 Å². The maximum atomic E-state index is 12.9. The van der Waals surface area contributed by atoms with Gasteiger partial charge in [-0.1, -0.05) is 42.5 Å². The van der Waals surface area contributed by atoms with Gasteiger partial charge in [-0.15, -0.1) is 23.1 Å². The normalized spacial score (nSPS) is 11.5. The molecule has 0 atom stereocenters. The quantitative estimate of drug-likeness (QED) is 0.376. The van der Waals surface area contributed by atoms with Crippen LogP contribution >= 0.6 is 23.1 Å². The van der Waals surface area contributed by atoms with Crippen molar-refractivity contribution >= 4 is 49.7 Å². The van der Waals surface area contributed by atoms with Gasteiger partial charge in [-0.25, -0.2) is 13.4 Å². The number of hydrogen-bond donors (Lipinski definition) is 1. The van der Waals surface area contributed by atoms with Crippen LogP contribution in [0.2, 0.25) is 0 Å². The van der Waals surface area contributed by atoms with Crippen LogP contribution in [0.3, 0.4) is 0 Å². The fraction of sp³-hybridized carbons (Fsp3) is 0.130. The van der Waals surface area contributed by atoms with E-state index in [1.54, 1.807) is 41.7 Å². The molecule has 0 aliphatic heterocycles. The van der Waals surface area contributed by atoms with Crippen LogP contribution in [0.15, 0.2) is 88.1 Å². The van der Waals surface area contributed by atoms with Gasteiger partial charge in [-0.05, 0) is 35.7 Å². The van der Waals surface area contributed by atoms with Crippen LogP contribution in [-0.2, 0) is 16.4 Å². The number of nitrogens with zero attached hydrogens (tertiary/aromatic N) is 1. The first kappa shape index (κ1) is 21.5. The number of carbonyl (C=O) groups excluding carboxylic acids is 1. The first-order chi connectivity index (χ1) is 15.0. The molecule has 5 nitrogen and oxygen atoms in total. The topological polar surface area (TPSA) is 76.1 Å². The van der Waals surface area contributed by atoms with Gasteiger partial charge in [-0.3, -0.25) is 4.79 Å². The van der Waals surface area contributed by atoms with Gasteiger partial charge in [0.2, 0.25) is 0 Å². The highest BCUT2D eigenvalue weighted by Gasteiger charge is 2.18. The average Bonchev–Trinajstić information content (AvgIpc) is 3.31. The lowest BCUT2D eigenvalue weighted by Gasteiger charge is -2.11. The molecule has 2 aromatic carbocycles. The van der Waals surface area contributed by atoms with Crippen molar-refractivity contribution in [2.45, 2.75) is 16.5 Å². The molecule has 158 valence electrons. The largest absolute Gasteiger partial charge is 0.347 e. The number of nitrogens with one attached hydrogen (secondary N) is 1. The smallest absolute Gasteiger partial charge is 0.254 e. The van der Waals surface area contributed by atoms with Gasteiger partial charge in [0.05, 0.1) is 28.3 Å². The lowest BCUT2D eigenvalue weighted by Crippen LogP contribution is -2.23. The Kier molecular flexibility index (Phi) is 6.70. The molecule has 8 heteroatoms. The van der Waals surface area contributed by atoms with Crippen molar-refractivity contribution in [2.24, 2.45) is 0 Å². The van der Waals surface area contributed by atoms with E-state index in [0.717, 1.165) is 15.8 Å². The molecule has 0 saturated carbocycles. The summed E-state index contributed by atoms with van der Waals surface area (Å²) >= 11 is 2.87. The van der Waals surface area contributed by atoms with Crippen LogP contribution < -0.4 is 5.32 Å². The van der Waals surface area contributed by atoms with Gasteiger partial charge in [0.25, 0.3) is 5.91 Å². The van der Waals surface area contributed by atoms with Crippen LogP contribution in [0, 0.1) is 0 Å². The molecule has 1 amide bonds. The molecule has 0 aliphatic rings. The van der Waals surface area contributed by atoms with Crippen LogP contribution in [0.5, 0.6) is 0 Å². The molecule has 1 N–H and O–H groups in total. The lowest BCUT2D eigenvalue weighted by atomic mass is 10.1. The number of pyridine rings is 1. The van der Waals surface area contributed by atoms with E-state index in [-0.39, 0.29) is 11.7 Å². The van der Waals surface area contributed by atoms with Crippen LogP contribution in [0.25, 0.3) is 10.9 Å². The number of hydrogen-bond acceptors (Lipinski definition) is 6. The highest BCUT2D eigenvalue weighted by atomic mass is 32.2. The van der Waals surface area contributed by atoms with Gasteiger partial charge < -0.3 is 5.32 Å². The number of thiophene rings is 1. The summed E-state index contributed by atoms with van der Waals surface area (Å²) in [4.78, 5) is 18.9. The van der Waals surface area contributed by atoms with Crippen LogP contribution in [-0.4, -0.2) is 30.8 Å². The van der Waals surface area contributed by atoms with Gasteiger partial charge in [0, 0.05) is 16.0 Å². The molecule has 0 saturated heterocycles. The molecule has 0 bridgehead atoms. The SMILES string of the molecule is O=C(NCc1cccs1)c1cc2ccccc2nc1SCCS(=O)(=O)c1ccccc1. The minimum Gasteiger partial charge on any atom is -0.347 e. The Morgan fingerprint density at radius 2 is 1.77 bits per heavy atom. The summed E-state index contributed by atoms with van der Waals surface area (Å²) in [6.07, 6.45) is 0. The molecular weight excluding hydrogens is 448 g/mol. The molecule has 0 radical (unpaired) electrons. The van der Waals surface area contributed by atoms with Crippen molar-refractivity contribution in [1.29, 1.82) is 0 Å². The highest BCUT2D eigenvalue weighted by Crippen LogP contribution is 2.26. The van der Waals surface area contributed by atoms with E-state index < -0.39 is 9.84 Å². The zero-order valence-corrected chi connectivity index (χ0v) is 19.0. The third kappa shape index (κ3) is 5.33. The number of thioether (sulfide) groups is 1. The third-order valence-corrected chi connectivity index (χ3v) is 8.49. The molecule has 31 heavy (non-hydrogen) atoms. The van der Waals surface area contributed by atoms with E-state index in [1.807, 2.05) is 47.8 Å². The predicted octanol–water partition coefficient (Wildman–Crippen LogP) is 4.79. The Morgan fingerprint density at radius 1 is 1.00 bits per heavy atom. The van der Waals surface area contributed by atoms with Crippen LogP contribution in [0.1, 0.15) is 15.2 Å². The van der Waals surface area contributed by atoms with Crippen molar-refractivity contribution in [3.63, 3.8) is 0 Å². The maximum absolute atomic E-state index is 12.9. The number of para-hydroxylation sites is 1. The molecule has 2 aromatic heterocycles. The van der Waals surface area contributed by atoms with Crippen molar-refractivity contribution < 1.29 is 13.2 Å². The summed E-state index contributed by atoms with van der Waals surface area (Å²) < 4.78 is 25.2. The number of carbonyl (C=O) groups is 1. The minimum atomic E-state index is -3.39. The molecular formula is C23H20N2O3S3. The van der Waals surface area contributed by atoms with Crippen molar-refractivity contribution in [1.82, 2.24) is 10.3 Å². The minimum absolute atomic E-state index is 0.0353. The number of aromatic nitrogens is 1. The Labute approximate surface area is 189 Å². The van der Waals surface area contributed by atoms with Gasteiger partial charge >= 0.3 is 0 Å². The molecule has 0 fully saturated rings. The first-order valence-corrected chi connectivity index (χ1v) is 13.2. The average molecular weight is 469 g/mol. The van der Waals surface area contributed by atoms with Crippen molar-refractivity contribution in [3.8, 4) is 0 Å². The standard InChI is InChI=1S/C23H20N2O3S3/c26-22(24-16-18-8-6-12-29-18)20-15-17-7-4-5-11-21(17)25-23(20)30-13-14-31(27,28)19-9-2-1-3-10-19/h1-12,15H,13-14,16H2,(H,24,26). The Hall–Kier alpha value is -2.68. The Balaban J connectivity index is 1.54. The fourth-order valence-corrected chi connectivity index (χ4v) is 6.37. The number of rotatable bonds is 8. The highest BCUT2D eigenvalue weighted by molar-refractivity contribution is 8.00. The van der Waals surface area contributed by atoms with E-state index in [1.165, 1.54) is 11.8 Å². The number of sulfone groups is 1. The fourth-order valence-electron chi connectivity index (χ4n) is 3.04. The van der Waals surface area contributed by atoms with Crippen LogP contribution in [0.4, 0.5) is 0 Å². The second-order valence-electron chi connectivity index (χ2n) is 6.78. The van der Waals surface area contributed by atoms with E-state index in [4.69, 9.17) is 0 Å². The summed E-state index contributed by atoms with van der Waals surface area (Å²) in [7, 11) is -3.39. The van der Waals surface area contributed by atoms with Gasteiger partial charge in [0.1, 0.15) is 5.03 Å². The molecule has 0 spiro atoms. The number of benzene rings is 2. The predicted molar refractivity (Wildman–Crippen MR) is 126 cm³/mol. The van der Waals surface area contributed by atoms with Gasteiger partial charge in [-0.2, -0.15) is 0 Å². The van der Waals surface area contributed by atoms with E-state index in [0.29, 0.717) is 27.8 Å². The second-order valence-corrected chi connectivity index (χ2v) is 11.0. The number of amides is 1. The number of fused-ring (bicyclic) bond motifs is 1. The monoisotopic (exact) mass is 468 g/mol.